The third-order valence-electron chi connectivity index (χ3n) is 3.40. The first-order chi connectivity index (χ1) is 10.8. The van der Waals surface area contributed by atoms with Crippen LogP contribution in [0.2, 0.25) is 0 Å². The molecule has 0 N–H and O–H groups in total. The van der Waals surface area contributed by atoms with Crippen molar-refractivity contribution in [3.63, 3.8) is 0 Å². The zero-order valence-electron chi connectivity index (χ0n) is 12.6. The molecule has 3 aromatic rings. The Labute approximate surface area is 135 Å². The largest absolute Gasteiger partial charge is 0.287 e. The average Bonchev–Trinajstić information content (AvgIpc) is 2.94. The molecule has 0 fully saturated rings. The number of aromatic nitrogens is 2. The molecule has 0 bridgehead atoms. The average molecular weight is 309 g/mol. The molecule has 0 atom stereocenters. The minimum Gasteiger partial charge on any atom is -0.287 e. The summed E-state index contributed by atoms with van der Waals surface area (Å²) >= 11 is 1.85. The van der Waals surface area contributed by atoms with Gasteiger partial charge in [0.25, 0.3) is 0 Å². The fourth-order valence-corrected chi connectivity index (χ4v) is 3.33. The summed E-state index contributed by atoms with van der Waals surface area (Å²) in [6, 6.07) is 16.5. The summed E-state index contributed by atoms with van der Waals surface area (Å²) in [5, 5.41) is 0. The van der Waals surface area contributed by atoms with Crippen molar-refractivity contribution in [2.45, 2.75) is 26.6 Å². The van der Waals surface area contributed by atoms with Gasteiger partial charge < -0.3 is 0 Å². The highest BCUT2D eigenvalue weighted by molar-refractivity contribution is 7.11. The number of hydrogen-bond donors (Lipinski definition) is 0. The Kier molecular flexibility index (Phi) is 4.93. The van der Waals surface area contributed by atoms with Crippen molar-refractivity contribution in [2.75, 3.05) is 0 Å². The van der Waals surface area contributed by atoms with E-state index in [1.165, 1.54) is 9.75 Å². The molecular weight excluding hydrogens is 290 g/mol. The van der Waals surface area contributed by atoms with Gasteiger partial charge in [0.05, 0.1) is 11.4 Å². The summed E-state index contributed by atoms with van der Waals surface area (Å²) < 4.78 is 0. The highest BCUT2D eigenvalue weighted by atomic mass is 32.1. The van der Waals surface area contributed by atoms with Crippen LogP contribution in [-0.4, -0.2) is 14.9 Å². The number of nitrogens with zero attached hydrogens (tertiary/aromatic N) is 3. The molecule has 22 heavy (non-hydrogen) atoms. The zero-order valence-corrected chi connectivity index (χ0v) is 13.5. The van der Waals surface area contributed by atoms with E-state index in [9.17, 15) is 0 Å². The molecule has 112 valence electrons. The van der Waals surface area contributed by atoms with Crippen molar-refractivity contribution < 1.29 is 0 Å². The van der Waals surface area contributed by atoms with Crippen molar-refractivity contribution in [3.05, 3.63) is 82.1 Å². The Bertz CT molecular complexity index is 653. The number of rotatable bonds is 6. The maximum absolute atomic E-state index is 4.45. The molecule has 0 saturated carbocycles. The lowest BCUT2D eigenvalue weighted by molar-refractivity contribution is 0.244. The molecule has 3 heterocycles. The van der Waals surface area contributed by atoms with Crippen molar-refractivity contribution in [1.29, 1.82) is 0 Å². The normalized spacial score (nSPS) is 11.0. The fraction of sp³-hybridized carbons (Fsp3) is 0.222. The molecule has 0 aromatic carbocycles. The van der Waals surface area contributed by atoms with E-state index in [-0.39, 0.29) is 0 Å². The third-order valence-corrected chi connectivity index (χ3v) is 4.38. The molecule has 0 aliphatic rings. The number of aryl methyl sites for hydroxylation is 1. The van der Waals surface area contributed by atoms with E-state index < -0.39 is 0 Å². The smallest absolute Gasteiger partial charge is 0.0544 e. The molecule has 0 saturated heterocycles. The van der Waals surface area contributed by atoms with E-state index in [4.69, 9.17) is 0 Å². The van der Waals surface area contributed by atoms with Crippen LogP contribution in [-0.2, 0) is 19.6 Å². The lowest BCUT2D eigenvalue weighted by Crippen LogP contribution is -2.23. The molecule has 0 spiro atoms. The molecule has 0 unspecified atom stereocenters. The van der Waals surface area contributed by atoms with Crippen molar-refractivity contribution in [1.82, 2.24) is 14.9 Å². The van der Waals surface area contributed by atoms with Crippen LogP contribution in [0, 0.1) is 6.92 Å². The molecule has 0 radical (unpaired) electrons. The second-order valence-electron chi connectivity index (χ2n) is 5.30. The summed E-state index contributed by atoms with van der Waals surface area (Å²) in [5.41, 5.74) is 2.18. The first-order valence-electron chi connectivity index (χ1n) is 7.37. The Morgan fingerprint density at radius 1 is 0.818 bits per heavy atom. The first-order valence-corrected chi connectivity index (χ1v) is 8.19. The van der Waals surface area contributed by atoms with Crippen molar-refractivity contribution >= 4 is 11.3 Å². The lowest BCUT2D eigenvalue weighted by Gasteiger charge is -2.21. The number of hydrogen-bond acceptors (Lipinski definition) is 4. The van der Waals surface area contributed by atoms with Crippen molar-refractivity contribution in [3.8, 4) is 0 Å². The standard InChI is InChI=1S/C18H19N3S/c1-15-8-9-18(22-15)14-21(12-16-6-2-4-10-19-16)13-17-7-3-5-11-20-17/h2-11H,12-14H2,1H3. The fourth-order valence-electron chi connectivity index (χ4n) is 2.40. The van der Waals surface area contributed by atoms with Crippen LogP contribution in [0.4, 0.5) is 0 Å². The van der Waals surface area contributed by atoms with Gasteiger partial charge in [-0.3, -0.25) is 14.9 Å². The molecule has 3 nitrogen and oxygen atoms in total. The Morgan fingerprint density at radius 2 is 1.45 bits per heavy atom. The summed E-state index contributed by atoms with van der Waals surface area (Å²) in [7, 11) is 0. The topological polar surface area (TPSA) is 29.0 Å². The predicted molar refractivity (Wildman–Crippen MR) is 90.5 cm³/mol. The SMILES string of the molecule is Cc1ccc(CN(Cc2ccccn2)Cc2ccccn2)s1. The monoisotopic (exact) mass is 309 g/mol. The van der Waals surface area contributed by atoms with Gasteiger partial charge in [0.15, 0.2) is 0 Å². The third kappa shape index (κ3) is 4.23. The van der Waals surface area contributed by atoms with Gasteiger partial charge in [-0.1, -0.05) is 12.1 Å². The highest BCUT2D eigenvalue weighted by Crippen LogP contribution is 2.19. The zero-order chi connectivity index (χ0) is 15.2. The van der Waals surface area contributed by atoms with Gasteiger partial charge in [0.2, 0.25) is 0 Å². The maximum Gasteiger partial charge on any atom is 0.0544 e. The molecule has 3 aromatic heterocycles. The summed E-state index contributed by atoms with van der Waals surface area (Å²) in [6.45, 7) is 4.73. The van der Waals surface area contributed by atoms with E-state index in [2.05, 4.69) is 46.1 Å². The van der Waals surface area contributed by atoms with E-state index in [1.54, 1.807) is 0 Å². The summed E-state index contributed by atoms with van der Waals surface area (Å²) in [5.74, 6) is 0. The van der Waals surface area contributed by atoms with Crippen LogP contribution in [0.15, 0.2) is 60.9 Å². The van der Waals surface area contributed by atoms with Crippen LogP contribution in [0.5, 0.6) is 0 Å². The minimum atomic E-state index is 0.828. The minimum absolute atomic E-state index is 0.828. The van der Waals surface area contributed by atoms with Gasteiger partial charge in [0, 0.05) is 41.8 Å². The predicted octanol–water partition coefficient (Wildman–Crippen LogP) is 4.05. The molecule has 0 aliphatic carbocycles. The van der Waals surface area contributed by atoms with Crippen LogP contribution in [0.25, 0.3) is 0 Å². The van der Waals surface area contributed by atoms with Gasteiger partial charge in [-0.05, 0) is 43.3 Å². The highest BCUT2D eigenvalue weighted by Gasteiger charge is 2.10. The number of pyridine rings is 2. The molecule has 0 aliphatic heterocycles. The maximum atomic E-state index is 4.45. The lowest BCUT2D eigenvalue weighted by atomic mass is 10.2. The van der Waals surface area contributed by atoms with Gasteiger partial charge >= 0.3 is 0 Å². The number of thiophene rings is 1. The van der Waals surface area contributed by atoms with Crippen LogP contribution >= 0.6 is 11.3 Å². The Hall–Kier alpha value is -2.04. The van der Waals surface area contributed by atoms with E-state index in [1.807, 2.05) is 48.0 Å². The Morgan fingerprint density at radius 3 is 1.91 bits per heavy atom. The van der Waals surface area contributed by atoms with Crippen LogP contribution < -0.4 is 0 Å². The van der Waals surface area contributed by atoms with Crippen molar-refractivity contribution in [2.24, 2.45) is 0 Å². The van der Waals surface area contributed by atoms with Crippen LogP contribution in [0.3, 0.4) is 0 Å². The quantitative estimate of drug-likeness (QED) is 0.688. The van der Waals surface area contributed by atoms with Gasteiger partial charge in [-0.2, -0.15) is 0 Å². The van der Waals surface area contributed by atoms with E-state index in [0.29, 0.717) is 0 Å². The van der Waals surface area contributed by atoms with Gasteiger partial charge in [-0.15, -0.1) is 11.3 Å². The van der Waals surface area contributed by atoms with Gasteiger partial charge in [-0.25, -0.2) is 0 Å². The Balaban J connectivity index is 1.75. The molecule has 3 rings (SSSR count). The second kappa shape index (κ2) is 7.29. The van der Waals surface area contributed by atoms with E-state index >= 15 is 0 Å². The summed E-state index contributed by atoms with van der Waals surface area (Å²) in [6.07, 6.45) is 3.70. The first kappa shape index (κ1) is 14.9. The molecule has 0 amide bonds. The molecule has 4 heteroatoms. The molecular formula is C18H19N3S. The van der Waals surface area contributed by atoms with Crippen LogP contribution in [0.1, 0.15) is 21.1 Å². The second-order valence-corrected chi connectivity index (χ2v) is 6.67. The van der Waals surface area contributed by atoms with Gasteiger partial charge in [0.1, 0.15) is 0 Å². The van der Waals surface area contributed by atoms with E-state index in [0.717, 1.165) is 31.0 Å². The summed E-state index contributed by atoms with van der Waals surface area (Å²) in [4.78, 5) is 14.0.